The number of anilines is 1. The van der Waals surface area contributed by atoms with Gasteiger partial charge in [0.15, 0.2) is 10.8 Å². The molecule has 0 saturated heterocycles. The van der Waals surface area contributed by atoms with Crippen LogP contribution in [0.4, 0.5) is 5.82 Å². The first-order valence-electron chi connectivity index (χ1n) is 7.37. The second-order valence-corrected chi connectivity index (χ2v) is 6.72. The van der Waals surface area contributed by atoms with Gasteiger partial charge in [-0.25, -0.2) is 4.68 Å². The van der Waals surface area contributed by atoms with Gasteiger partial charge in [0.1, 0.15) is 5.82 Å². The van der Waals surface area contributed by atoms with Crippen LogP contribution in [0.25, 0.3) is 5.65 Å². The minimum atomic E-state index is -0.307. The number of fused-ring (bicyclic) bond motifs is 1. The van der Waals surface area contributed by atoms with Crippen molar-refractivity contribution in [2.75, 3.05) is 5.32 Å². The summed E-state index contributed by atoms with van der Waals surface area (Å²) in [6.45, 7) is 5.88. The number of nitrogens with zero attached hydrogens (tertiary/aromatic N) is 5. The first kappa shape index (κ1) is 15.5. The number of carbonyl (C=O) groups excluding carboxylic acids is 1. The van der Waals surface area contributed by atoms with Crippen LogP contribution in [0.2, 0.25) is 0 Å². The lowest BCUT2D eigenvalue weighted by molar-refractivity contribution is -0.115. The van der Waals surface area contributed by atoms with E-state index in [0.29, 0.717) is 11.0 Å². The summed E-state index contributed by atoms with van der Waals surface area (Å²) in [5, 5.41) is 15.7. The highest BCUT2D eigenvalue weighted by atomic mass is 32.2. The average Bonchev–Trinajstić information content (AvgIpc) is 3.14. The third kappa shape index (κ3) is 3.21. The largest absolute Gasteiger partial charge is 0.310 e. The SMILES string of the molecule is CC(C)n1nccc1NC(=O)[C@H](C)Sc1nnc2ccccn12. The molecule has 1 amide bonds. The quantitative estimate of drug-likeness (QED) is 0.728. The van der Waals surface area contributed by atoms with Gasteiger partial charge in [-0.05, 0) is 32.9 Å². The molecular weight excluding hydrogens is 312 g/mol. The summed E-state index contributed by atoms with van der Waals surface area (Å²) in [4.78, 5) is 12.4. The number of aromatic nitrogens is 5. The van der Waals surface area contributed by atoms with E-state index in [2.05, 4.69) is 20.6 Å². The van der Waals surface area contributed by atoms with Crippen molar-refractivity contribution in [3.63, 3.8) is 0 Å². The van der Waals surface area contributed by atoms with E-state index in [1.54, 1.807) is 16.9 Å². The maximum Gasteiger partial charge on any atom is 0.238 e. The summed E-state index contributed by atoms with van der Waals surface area (Å²) in [5.74, 6) is 0.605. The van der Waals surface area contributed by atoms with Crippen molar-refractivity contribution in [1.82, 2.24) is 24.4 Å². The van der Waals surface area contributed by atoms with Crippen molar-refractivity contribution in [2.45, 2.75) is 37.2 Å². The fourth-order valence-electron chi connectivity index (χ4n) is 2.16. The molecule has 3 heterocycles. The summed E-state index contributed by atoms with van der Waals surface area (Å²) in [6.07, 6.45) is 3.57. The Balaban J connectivity index is 1.71. The predicted octanol–water partition coefficient (Wildman–Crippen LogP) is 2.63. The molecule has 0 aromatic carbocycles. The molecule has 1 N–H and O–H groups in total. The lowest BCUT2D eigenvalue weighted by Crippen LogP contribution is -2.24. The van der Waals surface area contributed by atoms with Crippen LogP contribution in [-0.2, 0) is 4.79 Å². The molecule has 0 radical (unpaired) electrons. The molecule has 3 rings (SSSR count). The zero-order valence-electron chi connectivity index (χ0n) is 13.2. The molecule has 0 aliphatic heterocycles. The number of nitrogens with one attached hydrogen (secondary N) is 1. The molecule has 3 aromatic heterocycles. The maximum absolute atomic E-state index is 12.4. The van der Waals surface area contributed by atoms with E-state index in [1.165, 1.54) is 11.8 Å². The number of rotatable bonds is 5. The number of pyridine rings is 1. The van der Waals surface area contributed by atoms with Gasteiger partial charge in [-0.3, -0.25) is 9.20 Å². The van der Waals surface area contributed by atoms with Crippen molar-refractivity contribution in [2.24, 2.45) is 0 Å². The molecule has 0 spiro atoms. The van der Waals surface area contributed by atoms with Gasteiger partial charge in [0, 0.05) is 18.3 Å². The van der Waals surface area contributed by atoms with Crippen LogP contribution in [0.5, 0.6) is 0 Å². The van der Waals surface area contributed by atoms with E-state index in [-0.39, 0.29) is 17.2 Å². The molecule has 0 fully saturated rings. The molecule has 7 nitrogen and oxygen atoms in total. The molecule has 0 aliphatic carbocycles. The zero-order valence-corrected chi connectivity index (χ0v) is 14.0. The molecule has 23 heavy (non-hydrogen) atoms. The van der Waals surface area contributed by atoms with Crippen LogP contribution in [0.1, 0.15) is 26.8 Å². The highest BCUT2D eigenvalue weighted by Gasteiger charge is 2.19. The molecule has 0 aliphatic rings. The molecule has 120 valence electrons. The van der Waals surface area contributed by atoms with Gasteiger partial charge in [-0.15, -0.1) is 10.2 Å². The highest BCUT2D eigenvalue weighted by Crippen LogP contribution is 2.23. The van der Waals surface area contributed by atoms with Crippen molar-refractivity contribution >= 4 is 29.1 Å². The summed E-state index contributed by atoms with van der Waals surface area (Å²) in [5.41, 5.74) is 0.764. The van der Waals surface area contributed by atoms with E-state index in [1.807, 2.05) is 49.6 Å². The fraction of sp³-hybridized carbons (Fsp3) is 0.333. The van der Waals surface area contributed by atoms with E-state index in [4.69, 9.17) is 0 Å². The number of amides is 1. The third-order valence-electron chi connectivity index (χ3n) is 3.34. The van der Waals surface area contributed by atoms with Gasteiger partial charge in [-0.1, -0.05) is 17.8 Å². The average molecular weight is 330 g/mol. The van der Waals surface area contributed by atoms with Crippen molar-refractivity contribution < 1.29 is 4.79 Å². The Labute approximate surface area is 138 Å². The van der Waals surface area contributed by atoms with E-state index in [0.717, 1.165) is 5.65 Å². The summed E-state index contributed by atoms with van der Waals surface area (Å²) < 4.78 is 3.65. The number of hydrogen-bond acceptors (Lipinski definition) is 5. The van der Waals surface area contributed by atoms with Crippen molar-refractivity contribution in [1.29, 1.82) is 0 Å². The Morgan fingerprint density at radius 3 is 2.83 bits per heavy atom. The molecule has 0 saturated carbocycles. The standard InChI is InChI=1S/C15H18N6OS/c1-10(2)21-12(7-8-16-21)17-14(22)11(3)23-15-19-18-13-6-4-5-9-20(13)15/h4-11H,1-3H3,(H,17,22)/t11-/m0/s1. The Bertz CT molecular complexity index is 824. The van der Waals surface area contributed by atoms with Crippen LogP contribution >= 0.6 is 11.8 Å². The van der Waals surface area contributed by atoms with E-state index < -0.39 is 0 Å². The number of hydrogen-bond donors (Lipinski definition) is 1. The summed E-state index contributed by atoms with van der Waals surface area (Å²) >= 11 is 1.37. The Morgan fingerprint density at radius 2 is 2.04 bits per heavy atom. The Hall–Kier alpha value is -2.35. The maximum atomic E-state index is 12.4. The number of thioether (sulfide) groups is 1. The van der Waals surface area contributed by atoms with Crippen LogP contribution in [0.15, 0.2) is 41.8 Å². The second-order valence-electron chi connectivity index (χ2n) is 5.42. The van der Waals surface area contributed by atoms with Crippen LogP contribution < -0.4 is 5.32 Å². The smallest absolute Gasteiger partial charge is 0.238 e. The molecule has 1 atom stereocenters. The van der Waals surface area contributed by atoms with Gasteiger partial charge < -0.3 is 5.32 Å². The first-order chi connectivity index (χ1) is 11.1. The molecule has 8 heteroatoms. The van der Waals surface area contributed by atoms with Gasteiger partial charge >= 0.3 is 0 Å². The fourth-order valence-corrected chi connectivity index (χ4v) is 3.00. The topological polar surface area (TPSA) is 77.1 Å². The van der Waals surface area contributed by atoms with Gasteiger partial charge in [0.05, 0.1) is 11.4 Å². The van der Waals surface area contributed by atoms with Gasteiger partial charge in [0.2, 0.25) is 5.91 Å². The minimum Gasteiger partial charge on any atom is -0.310 e. The lowest BCUT2D eigenvalue weighted by atomic mass is 10.4. The Morgan fingerprint density at radius 1 is 1.22 bits per heavy atom. The Kier molecular flexibility index (Phi) is 4.33. The van der Waals surface area contributed by atoms with E-state index >= 15 is 0 Å². The minimum absolute atomic E-state index is 0.0925. The van der Waals surface area contributed by atoms with Crippen molar-refractivity contribution in [3.05, 3.63) is 36.7 Å². The van der Waals surface area contributed by atoms with Crippen LogP contribution in [-0.4, -0.2) is 35.5 Å². The summed E-state index contributed by atoms with van der Waals surface area (Å²) in [7, 11) is 0. The van der Waals surface area contributed by atoms with Crippen molar-refractivity contribution in [3.8, 4) is 0 Å². The van der Waals surface area contributed by atoms with Gasteiger partial charge in [-0.2, -0.15) is 5.10 Å². The molecule has 0 bridgehead atoms. The molecular formula is C15H18N6OS. The third-order valence-corrected chi connectivity index (χ3v) is 4.40. The zero-order chi connectivity index (χ0) is 16.4. The molecule has 0 unspecified atom stereocenters. The summed E-state index contributed by atoms with van der Waals surface area (Å²) in [6, 6.07) is 7.67. The lowest BCUT2D eigenvalue weighted by Gasteiger charge is -2.14. The van der Waals surface area contributed by atoms with Gasteiger partial charge in [0.25, 0.3) is 0 Å². The first-order valence-corrected chi connectivity index (χ1v) is 8.25. The second kappa shape index (κ2) is 6.41. The van der Waals surface area contributed by atoms with Crippen LogP contribution in [0.3, 0.4) is 0 Å². The van der Waals surface area contributed by atoms with Crippen LogP contribution in [0, 0.1) is 0 Å². The molecule has 3 aromatic rings. The number of carbonyl (C=O) groups is 1. The normalized spacial score (nSPS) is 12.7. The monoisotopic (exact) mass is 330 g/mol. The van der Waals surface area contributed by atoms with E-state index in [9.17, 15) is 4.79 Å². The highest BCUT2D eigenvalue weighted by molar-refractivity contribution is 8.00. The predicted molar refractivity (Wildman–Crippen MR) is 89.5 cm³/mol.